The van der Waals surface area contributed by atoms with E-state index in [2.05, 4.69) is 106 Å². The van der Waals surface area contributed by atoms with Crippen LogP contribution >= 0.6 is 0 Å². The number of carbonyl (C=O) groups is 5. The van der Waals surface area contributed by atoms with Crippen molar-refractivity contribution in [1.29, 1.82) is 0 Å². The Bertz CT molecular complexity index is 3600. The van der Waals surface area contributed by atoms with Crippen molar-refractivity contribution in [3.05, 3.63) is 189 Å². The van der Waals surface area contributed by atoms with E-state index < -0.39 is 23.9 Å². The van der Waals surface area contributed by atoms with Crippen molar-refractivity contribution in [2.75, 3.05) is 39.7 Å². The summed E-state index contributed by atoms with van der Waals surface area (Å²) in [6, 6.07) is 44.5. The molecule has 526 valence electrons. The molecule has 16 nitrogen and oxygen atoms in total. The van der Waals surface area contributed by atoms with Gasteiger partial charge in [0, 0.05) is 12.0 Å². The van der Waals surface area contributed by atoms with Crippen molar-refractivity contribution in [3.63, 3.8) is 0 Å². The monoisotopic (exact) mass is 1340 g/mol. The Morgan fingerprint density at radius 3 is 1.70 bits per heavy atom. The lowest BCUT2D eigenvalue weighted by molar-refractivity contribution is -0.159. The molecule has 6 aliphatic carbocycles. The smallest absolute Gasteiger partial charge is 0.346 e. The number of carbonyl (C=O) groups excluding carboxylic acids is 5. The molecule has 7 unspecified atom stereocenters. The number of hydrogen-bond donors (Lipinski definition) is 8. The van der Waals surface area contributed by atoms with Crippen LogP contribution in [0.3, 0.4) is 0 Å². The number of phenolic OH excluding ortho intramolecular Hbond substituents is 2. The molecule has 6 aromatic rings. The first-order chi connectivity index (χ1) is 47.8. The number of aromatic hydroxyl groups is 2. The fourth-order valence-electron chi connectivity index (χ4n) is 16.1. The highest BCUT2D eigenvalue weighted by Gasteiger charge is 2.50. The van der Waals surface area contributed by atoms with Gasteiger partial charge in [-0.25, -0.2) is 19.2 Å². The number of ether oxygens (including phenoxy) is 3. The number of cyclic esters (lactones) is 4. The van der Waals surface area contributed by atoms with Gasteiger partial charge in [-0.05, 0) is 252 Å². The van der Waals surface area contributed by atoms with E-state index in [0.717, 1.165) is 65.9 Å². The third-order valence-electron chi connectivity index (χ3n) is 20.7. The topological polar surface area (TPSA) is 310 Å². The Labute approximate surface area is 581 Å². The van der Waals surface area contributed by atoms with Gasteiger partial charge in [0.2, 0.25) is 0 Å². The van der Waals surface area contributed by atoms with Crippen LogP contribution in [-0.4, -0.2) is 74.4 Å². The number of anilines is 2. The van der Waals surface area contributed by atoms with Crippen LogP contribution in [0.15, 0.2) is 156 Å². The predicted molar refractivity (Wildman–Crippen MR) is 392 cm³/mol. The lowest BCUT2D eigenvalue weighted by Gasteiger charge is -2.55. The van der Waals surface area contributed by atoms with Gasteiger partial charge in [0.05, 0.1) is 34.5 Å². The van der Waals surface area contributed by atoms with Crippen LogP contribution in [0.2, 0.25) is 0 Å². The van der Waals surface area contributed by atoms with Crippen LogP contribution in [-0.2, 0) is 59.1 Å². The van der Waals surface area contributed by atoms with Crippen LogP contribution in [0.5, 0.6) is 11.5 Å². The number of nitrogen functional groups attached to an aromatic ring is 2. The summed E-state index contributed by atoms with van der Waals surface area (Å²) in [5, 5.41) is 18.9. The van der Waals surface area contributed by atoms with E-state index in [1.54, 1.807) is 47.5 Å². The van der Waals surface area contributed by atoms with Crippen molar-refractivity contribution < 1.29 is 48.4 Å². The fraction of sp³-hybridized carbons (Fsp3) is 0.451. The number of aryl methyl sites for hydroxylation is 1. The highest BCUT2D eigenvalue weighted by Crippen LogP contribution is 2.58. The van der Waals surface area contributed by atoms with Gasteiger partial charge < -0.3 is 58.8 Å². The van der Waals surface area contributed by atoms with Gasteiger partial charge in [0.15, 0.2) is 0 Å². The largest absolute Gasteiger partial charge is 0.506 e. The van der Waals surface area contributed by atoms with Gasteiger partial charge in [-0.2, -0.15) is 0 Å². The molecule has 2 aliphatic heterocycles. The molecule has 0 amide bonds. The van der Waals surface area contributed by atoms with Gasteiger partial charge in [-0.3, -0.25) is 4.79 Å². The van der Waals surface area contributed by atoms with Gasteiger partial charge in [-0.15, -0.1) is 0 Å². The van der Waals surface area contributed by atoms with E-state index in [1.165, 1.54) is 184 Å². The Hall–Kier alpha value is -8.41. The van der Waals surface area contributed by atoms with Crippen molar-refractivity contribution >= 4 is 41.2 Å². The summed E-state index contributed by atoms with van der Waals surface area (Å²) >= 11 is 0. The van der Waals surface area contributed by atoms with E-state index >= 15 is 0 Å². The summed E-state index contributed by atoms with van der Waals surface area (Å²) in [6.07, 6.45) is 30.9. The molecular weight excluding hydrogens is 1230 g/mol. The number of phenols is 2. The number of esters is 5. The van der Waals surface area contributed by atoms with Crippen molar-refractivity contribution in [1.82, 2.24) is 0 Å². The molecule has 14 rings (SSSR count). The molecule has 0 spiro atoms. The summed E-state index contributed by atoms with van der Waals surface area (Å²) in [4.78, 5) is 57.6. The second-order valence-corrected chi connectivity index (χ2v) is 26.3. The SMILES string of the molecule is CCCCCCCCc1ccc(-c2ccc(Cc3ccccc3)c3c2CCCC3)cc1.CN.CN.CN.CN.Nc1ccc(-c2ccc(N)c(O)c2)cc1O.O=C(OC1CCC2C(CCC3CCC4CCCCC4C32)C1)c1ccccc1.O=C1CC2=C3CC(=C2C(=O)O1)C(=O)OC3=O. The molecule has 4 saturated carbocycles. The average Bonchev–Trinajstić information content (AvgIpc) is 1.30. The van der Waals surface area contributed by atoms with Crippen LogP contribution in [0.25, 0.3) is 22.3 Å². The molecule has 8 aliphatic rings. The van der Waals surface area contributed by atoms with Gasteiger partial charge in [-0.1, -0.05) is 155 Å². The zero-order valence-electron chi connectivity index (χ0n) is 58.5. The maximum atomic E-state index is 12.5. The maximum absolute atomic E-state index is 12.5. The van der Waals surface area contributed by atoms with Crippen molar-refractivity contribution in [2.45, 2.75) is 174 Å². The Morgan fingerprint density at radius 2 is 1.06 bits per heavy atom. The summed E-state index contributed by atoms with van der Waals surface area (Å²) < 4.78 is 14.8. The predicted octanol–water partition coefficient (Wildman–Crippen LogP) is 14.7. The number of fused-ring (bicyclic) bond motifs is 9. The minimum atomic E-state index is -0.872. The summed E-state index contributed by atoms with van der Waals surface area (Å²) in [6.45, 7) is 2.29. The molecule has 6 fully saturated rings. The summed E-state index contributed by atoms with van der Waals surface area (Å²) in [5.41, 5.74) is 43.1. The normalized spacial score (nSPS) is 21.2. The van der Waals surface area contributed by atoms with Gasteiger partial charge in [0.1, 0.15) is 17.6 Å². The molecule has 7 atom stereocenters. The average molecular weight is 1340 g/mol. The van der Waals surface area contributed by atoms with Crippen LogP contribution < -0.4 is 34.4 Å². The molecule has 2 heterocycles. The van der Waals surface area contributed by atoms with Crippen LogP contribution in [0.1, 0.15) is 180 Å². The zero-order chi connectivity index (χ0) is 70.7. The first-order valence-electron chi connectivity index (χ1n) is 35.8. The third kappa shape index (κ3) is 19.9. The standard InChI is InChI=1S/C31H38.C25H34O2.C12H12N2O2.C10H4O6.4CH5N/c1-2-3-4-5-6-8-13-25-18-20-27(21-19-25)30-23-22-28(24-26-14-9-7-10-15-26)29-16-11-12-17-31(29)30;26-25(19-7-2-1-3-8-19)27-21-14-15-23-20(16-21)13-12-18-11-10-17-6-4-5-9-22(17)24(18)23;13-9-3-1-7(5-11(9)15)8-2-4-10(14)12(16)6-8;11-6-2-3-4-1-5(7(3)10(14)15-6)9(13)16-8(4)12;4*1-2/h7,9-10,14-15,18-23H,2-6,8,11-13,16-17,24H2,1H3;1-3,7-8,17-18,20-24H,4-6,9-16H2;1-6,15-16H,13-14H2;1-2H2;4*2H2,1H3. The Kier molecular flexibility index (Phi) is 30.8. The van der Waals surface area contributed by atoms with E-state index in [9.17, 15) is 34.2 Å². The highest BCUT2D eigenvalue weighted by atomic mass is 16.6. The summed E-state index contributed by atoms with van der Waals surface area (Å²) in [7, 11) is 6.00. The molecule has 0 aromatic heterocycles. The number of unbranched alkanes of at least 4 members (excludes halogenated alkanes) is 5. The molecule has 0 radical (unpaired) electrons. The Morgan fingerprint density at radius 1 is 0.500 bits per heavy atom. The summed E-state index contributed by atoms with van der Waals surface area (Å²) in [5.74, 6) is 2.50. The molecule has 2 saturated heterocycles. The maximum Gasteiger partial charge on any atom is 0.346 e. The zero-order valence-corrected chi connectivity index (χ0v) is 58.5. The molecular formula is C82H108N6O10. The molecule has 16 heteroatoms. The van der Waals surface area contributed by atoms with Gasteiger partial charge >= 0.3 is 29.8 Å². The van der Waals surface area contributed by atoms with E-state index in [4.69, 9.17) is 16.2 Å². The van der Waals surface area contributed by atoms with E-state index in [1.807, 2.05) is 30.3 Å². The second kappa shape index (κ2) is 39.3. The van der Waals surface area contributed by atoms with E-state index in [-0.39, 0.29) is 58.7 Å². The number of rotatable bonds is 13. The van der Waals surface area contributed by atoms with Crippen molar-refractivity contribution in [3.8, 4) is 33.8 Å². The highest BCUT2D eigenvalue weighted by molar-refractivity contribution is 6.19. The van der Waals surface area contributed by atoms with Crippen molar-refractivity contribution in [2.24, 2.45) is 58.4 Å². The first-order valence-corrected chi connectivity index (χ1v) is 35.8. The third-order valence-corrected chi connectivity index (χ3v) is 20.7. The lowest BCUT2D eigenvalue weighted by Crippen LogP contribution is -2.48. The Balaban J connectivity index is 0.000000184. The number of hydrogen-bond acceptors (Lipinski definition) is 16. The fourth-order valence-corrected chi connectivity index (χ4v) is 16.1. The van der Waals surface area contributed by atoms with Gasteiger partial charge in [0.25, 0.3) is 0 Å². The van der Waals surface area contributed by atoms with E-state index in [0.29, 0.717) is 16.9 Å². The number of nitrogens with two attached hydrogens (primary N) is 6. The minimum absolute atomic E-state index is 0.0221. The van der Waals surface area contributed by atoms with Crippen LogP contribution in [0, 0.1) is 35.5 Å². The minimum Gasteiger partial charge on any atom is -0.506 e. The molecule has 98 heavy (non-hydrogen) atoms. The molecule has 6 aromatic carbocycles. The molecule has 2 bridgehead atoms. The second-order valence-electron chi connectivity index (χ2n) is 26.3. The quantitative estimate of drug-likeness (QED) is 0.0133. The molecule has 14 N–H and O–H groups in total. The number of benzene rings is 6. The lowest BCUT2D eigenvalue weighted by atomic mass is 9.50. The van der Waals surface area contributed by atoms with Crippen LogP contribution in [0.4, 0.5) is 11.4 Å². The first kappa shape index (κ1) is 76.9.